The van der Waals surface area contributed by atoms with E-state index in [1.54, 1.807) is 24.7 Å². The fourth-order valence-electron chi connectivity index (χ4n) is 4.49. The van der Waals surface area contributed by atoms with E-state index >= 15 is 0 Å². The minimum Gasteiger partial charge on any atom is -0.382 e. The number of benzene rings is 2. The fraction of sp³-hybridized carbons (Fsp3) is 0.417. The topological polar surface area (TPSA) is 117 Å². The number of hydrogen-bond acceptors (Lipinski definition) is 7. The number of primary sulfonamides is 1. The number of methoxy groups -OCH3 is 1. The molecule has 1 atom stereocenters. The van der Waals surface area contributed by atoms with Crippen LogP contribution in [0.1, 0.15) is 17.0 Å². The van der Waals surface area contributed by atoms with Gasteiger partial charge in [0.25, 0.3) is 5.56 Å². The zero-order valence-corrected chi connectivity index (χ0v) is 20.5. The Labute approximate surface area is 199 Å². The van der Waals surface area contributed by atoms with Gasteiger partial charge in [-0.2, -0.15) is 0 Å². The summed E-state index contributed by atoms with van der Waals surface area (Å²) >= 11 is 0. The van der Waals surface area contributed by atoms with Crippen molar-refractivity contribution in [1.29, 1.82) is 0 Å². The molecule has 0 saturated carbocycles. The molecule has 1 aliphatic rings. The fourth-order valence-corrected chi connectivity index (χ4v) is 5.32. The van der Waals surface area contributed by atoms with Gasteiger partial charge in [0, 0.05) is 32.4 Å². The van der Waals surface area contributed by atoms with Crippen LogP contribution < -0.4 is 15.6 Å². The van der Waals surface area contributed by atoms with E-state index in [1.165, 1.54) is 6.07 Å². The van der Waals surface area contributed by atoms with Gasteiger partial charge in [-0.15, -0.1) is 0 Å². The van der Waals surface area contributed by atoms with Crippen LogP contribution in [0, 0.1) is 13.8 Å². The summed E-state index contributed by atoms with van der Waals surface area (Å²) in [6.07, 6.45) is 0.490. The molecule has 0 amide bonds. The number of nitrogens with zero attached hydrogens (tertiary/aromatic N) is 3. The maximum absolute atomic E-state index is 13.3. The number of anilines is 1. The number of aryl methyl sites for hydroxylation is 2. The Hall–Kier alpha value is -2.79. The maximum Gasteiger partial charge on any atom is 0.261 e. The smallest absolute Gasteiger partial charge is 0.261 e. The van der Waals surface area contributed by atoms with Gasteiger partial charge < -0.3 is 14.4 Å². The molecule has 2 aromatic carbocycles. The van der Waals surface area contributed by atoms with E-state index in [1.807, 2.05) is 31.2 Å². The highest BCUT2D eigenvalue weighted by atomic mass is 32.2. The molecule has 0 radical (unpaired) electrons. The summed E-state index contributed by atoms with van der Waals surface area (Å²) in [6.45, 7) is 6.55. The molecule has 1 saturated heterocycles. The third-order valence-electron chi connectivity index (χ3n) is 6.29. The third kappa shape index (κ3) is 5.00. The number of aromatic nitrogens is 2. The molecule has 34 heavy (non-hydrogen) atoms. The second-order valence-corrected chi connectivity index (χ2v) is 10.1. The van der Waals surface area contributed by atoms with Crippen molar-refractivity contribution >= 4 is 26.6 Å². The summed E-state index contributed by atoms with van der Waals surface area (Å²) in [5.74, 6) is 0.606. The first-order valence-electron chi connectivity index (χ1n) is 11.2. The molecule has 0 unspecified atom stereocenters. The Balaban J connectivity index is 1.60. The van der Waals surface area contributed by atoms with Gasteiger partial charge in [-0.25, -0.2) is 18.5 Å². The highest BCUT2D eigenvalue weighted by Crippen LogP contribution is 2.23. The Bertz CT molecular complexity index is 1370. The number of rotatable bonds is 7. The van der Waals surface area contributed by atoms with Crippen LogP contribution in [0.4, 0.5) is 5.69 Å². The quantitative estimate of drug-likeness (QED) is 0.541. The van der Waals surface area contributed by atoms with Gasteiger partial charge in [0.05, 0.1) is 35.1 Å². The van der Waals surface area contributed by atoms with Crippen molar-refractivity contribution in [2.75, 3.05) is 38.3 Å². The molecule has 9 nitrogen and oxygen atoms in total. The third-order valence-corrected chi connectivity index (χ3v) is 7.35. The predicted molar refractivity (Wildman–Crippen MR) is 131 cm³/mol. The van der Waals surface area contributed by atoms with Gasteiger partial charge in [0.2, 0.25) is 10.0 Å². The summed E-state index contributed by atoms with van der Waals surface area (Å²) < 4.78 is 36.2. The number of sulfonamides is 1. The summed E-state index contributed by atoms with van der Waals surface area (Å²) in [5.41, 5.74) is 2.96. The first kappa shape index (κ1) is 24.3. The van der Waals surface area contributed by atoms with Crippen LogP contribution in [0.2, 0.25) is 0 Å². The highest BCUT2D eigenvalue weighted by Gasteiger charge is 2.21. The van der Waals surface area contributed by atoms with Crippen LogP contribution in [0.5, 0.6) is 0 Å². The second kappa shape index (κ2) is 9.83. The van der Waals surface area contributed by atoms with Crippen molar-refractivity contribution in [2.24, 2.45) is 5.14 Å². The van der Waals surface area contributed by atoms with Crippen LogP contribution >= 0.6 is 0 Å². The SMILES string of the molecule is COC[C@H]1CN(c2ccc3c(=O)n(CCc4cccc(S(N)(=O)=O)c4C)c(C)nc3c2)CCO1. The van der Waals surface area contributed by atoms with E-state index in [0.717, 1.165) is 17.8 Å². The van der Waals surface area contributed by atoms with Gasteiger partial charge in [-0.1, -0.05) is 12.1 Å². The standard InChI is InChI=1S/C24H30N4O5S/c1-16-18(5-4-6-23(16)34(25,30)31)9-10-28-17(2)26-22-13-19(7-8-21(22)24(28)29)27-11-12-33-20(14-27)15-32-3/h4-8,13,20H,9-12,14-15H2,1-3H3,(H2,25,30,31)/t20-/m1/s1. The number of morpholine rings is 1. The van der Waals surface area contributed by atoms with Crippen LogP contribution in [0.25, 0.3) is 10.9 Å². The minimum atomic E-state index is -3.80. The molecular formula is C24H30N4O5S. The first-order valence-corrected chi connectivity index (χ1v) is 12.7. The monoisotopic (exact) mass is 486 g/mol. The molecule has 1 aromatic heterocycles. The van der Waals surface area contributed by atoms with Crippen molar-refractivity contribution in [3.8, 4) is 0 Å². The van der Waals surface area contributed by atoms with Crippen LogP contribution in [-0.2, 0) is 32.5 Å². The van der Waals surface area contributed by atoms with Crippen LogP contribution in [0.15, 0.2) is 46.1 Å². The van der Waals surface area contributed by atoms with E-state index in [0.29, 0.717) is 55.0 Å². The van der Waals surface area contributed by atoms with Gasteiger partial charge in [-0.3, -0.25) is 9.36 Å². The number of hydrogen-bond donors (Lipinski definition) is 1. The van der Waals surface area contributed by atoms with Crippen molar-refractivity contribution in [2.45, 2.75) is 37.8 Å². The van der Waals surface area contributed by atoms with Crippen LogP contribution in [0.3, 0.4) is 0 Å². The highest BCUT2D eigenvalue weighted by molar-refractivity contribution is 7.89. The Morgan fingerprint density at radius 1 is 1.24 bits per heavy atom. The largest absolute Gasteiger partial charge is 0.382 e. The predicted octanol–water partition coefficient (Wildman–Crippen LogP) is 1.76. The van der Waals surface area contributed by atoms with Crippen LogP contribution in [-0.4, -0.2) is 57.5 Å². The lowest BCUT2D eigenvalue weighted by molar-refractivity contribution is -0.0100. The lowest BCUT2D eigenvalue weighted by Crippen LogP contribution is -2.44. The zero-order valence-electron chi connectivity index (χ0n) is 19.7. The average Bonchev–Trinajstić information content (AvgIpc) is 2.79. The molecule has 1 aliphatic heterocycles. The first-order chi connectivity index (χ1) is 16.2. The van der Waals surface area contributed by atoms with E-state index in [4.69, 9.17) is 19.6 Å². The van der Waals surface area contributed by atoms with E-state index in [9.17, 15) is 13.2 Å². The van der Waals surface area contributed by atoms with Gasteiger partial charge >= 0.3 is 0 Å². The number of nitrogens with two attached hydrogens (primary N) is 1. The molecule has 4 rings (SSSR count). The molecular weight excluding hydrogens is 456 g/mol. The molecule has 3 aromatic rings. The van der Waals surface area contributed by atoms with Crippen molar-refractivity contribution < 1.29 is 17.9 Å². The van der Waals surface area contributed by atoms with E-state index < -0.39 is 10.0 Å². The average molecular weight is 487 g/mol. The summed E-state index contributed by atoms with van der Waals surface area (Å²) in [6, 6.07) is 10.7. The lowest BCUT2D eigenvalue weighted by atomic mass is 10.1. The van der Waals surface area contributed by atoms with Crippen molar-refractivity contribution in [3.05, 3.63) is 63.7 Å². The maximum atomic E-state index is 13.3. The molecule has 2 heterocycles. The molecule has 0 spiro atoms. The van der Waals surface area contributed by atoms with Crippen molar-refractivity contribution in [3.63, 3.8) is 0 Å². The van der Waals surface area contributed by atoms with E-state index in [-0.39, 0.29) is 16.6 Å². The van der Waals surface area contributed by atoms with Gasteiger partial charge in [-0.05, 0) is 55.7 Å². The van der Waals surface area contributed by atoms with E-state index in [2.05, 4.69) is 4.90 Å². The summed E-state index contributed by atoms with van der Waals surface area (Å²) in [4.78, 5) is 20.3. The number of fused-ring (bicyclic) bond motifs is 1. The molecule has 0 bridgehead atoms. The molecule has 10 heteroatoms. The van der Waals surface area contributed by atoms with Crippen molar-refractivity contribution in [1.82, 2.24) is 9.55 Å². The Morgan fingerprint density at radius 2 is 2.03 bits per heavy atom. The lowest BCUT2D eigenvalue weighted by Gasteiger charge is -2.34. The second-order valence-electron chi connectivity index (χ2n) is 8.55. The van der Waals surface area contributed by atoms with Gasteiger partial charge in [0.15, 0.2) is 0 Å². The summed E-state index contributed by atoms with van der Waals surface area (Å²) in [7, 11) is -2.14. The van der Waals surface area contributed by atoms with Gasteiger partial charge in [0.1, 0.15) is 5.82 Å². The summed E-state index contributed by atoms with van der Waals surface area (Å²) in [5, 5.41) is 5.87. The number of ether oxygens (including phenoxy) is 2. The minimum absolute atomic E-state index is 0.00774. The molecule has 2 N–H and O–H groups in total. The molecule has 1 fully saturated rings. The molecule has 0 aliphatic carbocycles. The molecule has 182 valence electrons. The Kier molecular flexibility index (Phi) is 7.04. The normalized spacial score (nSPS) is 16.8. The zero-order chi connectivity index (χ0) is 24.5. The Morgan fingerprint density at radius 3 is 2.76 bits per heavy atom.